The Labute approximate surface area is 166 Å². The van der Waals surface area contributed by atoms with Crippen LogP contribution in [0, 0.1) is 13.8 Å². The Morgan fingerprint density at radius 3 is 2.70 bits per heavy atom. The standard InChI is InChI=1S/C21H22N2O2S2/c1-13-14(2)26-19-18(13)20(25)23(12-15-8-4-3-5-9-15)21(22-19)27-17-11-7-6-10-16(17)24/h3-5,8-9,17H,6-7,10-12H2,1-2H3. The van der Waals surface area contributed by atoms with E-state index >= 15 is 0 Å². The average molecular weight is 399 g/mol. The zero-order chi connectivity index (χ0) is 19.0. The van der Waals surface area contributed by atoms with E-state index < -0.39 is 0 Å². The third-order valence-electron chi connectivity index (χ3n) is 5.18. The molecule has 4 nitrogen and oxygen atoms in total. The summed E-state index contributed by atoms with van der Waals surface area (Å²) in [6.45, 7) is 4.49. The number of hydrogen-bond acceptors (Lipinski definition) is 5. The molecule has 1 saturated carbocycles. The Morgan fingerprint density at radius 1 is 1.19 bits per heavy atom. The van der Waals surface area contributed by atoms with Gasteiger partial charge in [0.15, 0.2) is 5.16 Å². The minimum absolute atomic E-state index is 0.00328. The zero-order valence-corrected chi connectivity index (χ0v) is 17.2. The molecule has 1 aliphatic carbocycles. The van der Waals surface area contributed by atoms with Crippen LogP contribution in [0.5, 0.6) is 0 Å². The number of benzene rings is 1. The molecule has 140 valence electrons. The molecule has 0 amide bonds. The molecule has 27 heavy (non-hydrogen) atoms. The predicted octanol–water partition coefficient (Wildman–Crippen LogP) is 4.73. The molecule has 1 aromatic carbocycles. The molecule has 1 atom stereocenters. The predicted molar refractivity (Wildman–Crippen MR) is 112 cm³/mol. The van der Waals surface area contributed by atoms with Gasteiger partial charge < -0.3 is 0 Å². The lowest BCUT2D eigenvalue weighted by atomic mass is 9.99. The van der Waals surface area contributed by atoms with Crippen LogP contribution in [-0.2, 0) is 11.3 Å². The summed E-state index contributed by atoms with van der Waals surface area (Å²) in [5, 5.41) is 1.29. The molecular weight excluding hydrogens is 376 g/mol. The van der Waals surface area contributed by atoms with E-state index in [-0.39, 0.29) is 16.6 Å². The lowest BCUT2D eigenvalue weighted by Gasteiger charge is -2.21. The van der Waals surface area contributed by atoms with Crippen LogP contribution in [0.15, 0.2) is 40.3 Å². The minimum Gasteiger partial charge on any atom is -0.298 e. The maximum absolute atomic E-state index is 13.3. The number of thioether (sulfide) groups is 1. The van der Waals surface area contributed by atoms with E-state index in [0.29, 0.717) is 23.5 Å². The molecule has 0 N–H and O–H groups in total. The number of Topliss-reactive ketones (excluding diaryl/α,β-unsaturated/α-hetero) is 1. The van der Waals surface area contributed by atoms with E-state index in [1.54, 1.807) is 15.9 Å². The summed E-state index contributed by atoms with van der Waals surface area (Å²) >= 11 is 3.03. The van der Waals surface area contributed by atoms with Gasteiger partial charge in [-0.05, 0) is 37.8 Å². The van der Waals surface area contributed by atoms with Crippen molar-refractivity contribution in [2.24, 2.45) is 0 Å². The third kappa shape index (κ3) is 3.60. The Morgan fingerprint density at radius 2 is 1.96 bits per heavy atom. The third-order valence-corrected chi connectivity index (χ3v) is 7.59. The van der Waals surface area contributed by atoms with E-state index in [4.69, 9.17) is 4.98 Å². The molecule has 6 heteroatoms. The first-order valence-electron chi connectivity index (χ1n) is 9.28. The normalized spacial score (nSPS) is 17.6. The van der Waals surface area contributed by atoms with Crippen LogP contribution >= 0.6 is 23.1 Å². The summed E-state index contributed by atoms with van der Waals surface area (Å²) in [4.78, 5) is 32.4. The van der Waals surface area contributed by atoms with Crippen molar-refractivity contribution in [3.05, 3.63) is 56.7 Å². The Kier molecular flexibility index (Phi) is 5.19. The van der Waals surface area contributed by atoms with Crippen molar-refractivity contribution in [3.63, 3.8) is 0 Å². The van der Waals surface area contributed by atoms with Crippen LogP contribution in [0.1, 0.15) is 41.7 Å². The zero-order valence-electron chi connectivity index (χ0n) is 15.5. The molecule has 1 aliphatic rings. The summed E-state index contributed by atoms with van der Waals surface area (Å²) in [5.74, 6) is 0.283. The molecule has 2 heterocycles. The van der Waals surface area contributed by atoms with Crippen molar-refractivity contribution in [2.45, 2.75) is 56.5 Å². The summed E-state index contributed by atoms with van der Waals surface area (Å²) in [6.07, 6.45) is 3.54. The lowest BCUT2D eigenvalue weighted by Crippen LogP contribution is -2.27. The van der Waals surface area contributed by atoms with Crippen LogP contribution < -0.4 is 5.56 Å². The second-order valence-corrected chi connectivity index (χ2v) is 9.43. The summed E-state index contributed by atoms with van der Waals surface area (Å²) in [7, 11) is 0. The fraction of sp³-hybridized carbons (Fsp3) is 0.381. The molecule has 3 aromatic rings. The van der Waals surface area contributed by atoms with Gasteiger partial charge in [0.2, 0.25) is 0 Å². The number of nitrogens with zero attached hydrogens (tertiary/aromatic N) is 2. The second-order valence-electron chi connectivity index (χ2n) is 7.05. The highest BCUT2D eigenvalue weighted by molar-refractivity contribution is 8.00. The van der Waals surface area contributed by atoms with Crippen molar-refractivity contribution in [1.82, 2.24) is 9.55 Å². The van der Waals surface area contributed by atoms with Crippen molar-refractivity contribution in [3.8, 4) is 0 Å². The number of ketones is 1. The number of aromatic nitrogens is 2. The number of carbonyl (C=O) groups excluding carboxylic acids is 1. The quantitative estimate of drug-likeness (QED) is 0.596. The fourth-order valence-electron chi connectivity index (χ4n) is 3.51. The maximum atomic E-state index is 13.3. The maximum Gasteiger partial charge on any atom is 0.263 e. The van der Waals surface area contributed by atoms with Crippen molar-refractivity contribution in [1.29, 1.82) is 0 Å². The Hall–Kier alpha value is -1.92. The SMILES string of the molecule is Cc1sc2nc(SC3CCCCC3=O)n(Cc3ccccc3)c(=O)c2c1C. The molecule has 0 radical (unpaired) electrons. The van der Waals surface area contributed by atoms with Gasteiger partial charge >= 0.3 is 0 Å². The van der Waals surface area contributed by atoms with Gasteiger partial charge in [-0.2, -0.15) is 0 Å². The molecule has 2 aromatic heterocycles. The Bertz CT molecular complexity index is 1050. The second kappa shape index (κ2) is 7.60. The van der Waals surface area contributed by atoms with Crippen LogP contribution in [-0.4, -0.2) is 20.6 Å². The first-order chi connectivity index (χ1) is 13.0. The van der Waals surface area contributed by atoms with Gasteiger partial charge in [0.05, 0.1) is 17.2 Å². The largest absolute Gasteiger partial charge is 0.298 e. The number of carbonyl (C=O) groups is 1. The van der Waals surface area contributed by atoms with E-state index in [9.17, 15) is 9.59 Å². The summed E-state index contributed by atoms with van der Waals surface area (Å²) in [6, 6.07) is 9.95. The Balaban J connectivity index is 1.83. The van der Waals surface area contributed by atoms with Gasteiger partial charge in [0.1, 0.15) is 10.6 Å². The van der Waals surface area contributed by atoms with Gasteiger partial charge in [0, 0.05) is 11.3 Å². The molecular formula is C21H22N2O2S2. The van der Waals surface area contributed by atoms with Crippen LogP contribution in [0.2, 0.25) is 0 Å². The van der Waals surface area contributed by atoms with Crippen LogP contribution in [0.3, 0.4) is 0 Å². The number of hydrogen-bond donors (Lipinski definition) is 0. The molecule has 0 spiro atoms. The number of aryl methyl sites for hydroxylation is 2. The lowest BCUT2D eigenvalue weighted by molar-refractivity contribution is -0.119. The average Bonchev–Trinajstić information content (AvgIpc) is 2.95. The van der Waals surface area contributed by atoms with Gasteiger partial charge in [-0.1, -0.05) is 48.5 Å². The summed E-state index contributed by atoms with van der Waals surface area (Å²) < 4.78 is 1.75. The molecule has 4 rings (SSSR count). The summed E-state index contributed by atoms with van der Waals surface area (Å²) in [5.41, 5.74) is 2.07. The highest BCUT2D eigenvalue weighted by Crippen LogP contribution is 2.33. The number of thiophene rings is 1. The molecule has 0 bridgehead atoms. The fourth-order valence-corrected chi connectivity index (χ4v) is 5.79. The van der Waals surface area contributed by atoms with E-state index in [2.05, 4.69) is 0 Å². The van der Waals surface area contributed by atoms with E-state index in [0.717, 1.165) is 40.1 Å². The van der Waals surface area contributed by atoms with Gasteiger partial charge in [-0.15, -0.1) is 11.3 Å². The smallest absolute Gasteiger partial charge is 0.263 e. The first kappa shape index (κ1) is 18.4. The number of rotatable bonds is 4. The topological polar surface area (TPSA) is 52.0 Å². The van der Waals surface area contributed by atoms with Gasteiger partial charge in [0.25, 0.3) is 5.56 Å². The van der Waals surface area contributed by atoms with Crippen molar-refractivity contribution >= 4 is 39.1 Å². The minimum atomic E-state index is -0.0905. The van der Waals surface area contributed by atoms with Crippen molar-refractivity contribution in [2.75, 3.05) is 0 Å². The monoisotopic (exact) mass is 398 g/mol. The molecule has 0 saturated heterocycles. The molecule has 1 unspecified atom stereocenters. The molecule has 1 fully saturated rings. The van der Waals surface area contributed by atoms with E-state index in [1.807, 2.05) is 44.2 Å². The van der Waals surface area contributed by atoms with Crippen LogP contribution in [0.4, 0.5) is 0 Å². The highest BCUT2D eigenvalue weighted by Gasteiger charge is 2.26. The number of fused-ring (bicyclic) bond motifs is 1. The van der Waals surface area contributed by atoms with Gasteiger partial charge in [-0.3, -0.25) is 14.2 Å². The van der Waals surface area contributed by atoms with Crippen molar-refractivity contribution < 1.29 is 4.79 Å². The van der Waals surface area contributed by atoms with E-state index in [1.165, 1.54) is 11.8 Å². The first-order valence-corrected chi connectivity index (χ1v) is 11.0. The highest BCUT2D eigenvalue weighted by atomic mass is 32.2. The van der Waals surface area contributed by atoms with Gasteiger partial charge in [-0.25, -0.2) is 4.98 Å². The van der Waals surface area contributed by atoms with Crippen LogP contribution in [0.25, 0.3) is 10.2 Å². The molecule has 0 aliphatic heterocycles.